The van der Waals surface area contributed by atoms with Crippen molar-refractivity contribution in [3.8, 4) is 11.4 Å². The first kappa shape index (κ1) is 27.3. The lowest BCUT2D eigenvalue weighted by molar-refractivity contribution is 1.16. The molecule has 1 aliphatic heterocycles. The van der Waals surface area contributed by atoms with Crippen molar-refractivity contribution in [2.45, 2.75) is 9.79 Å². The Kier molecular flexibility index (Phi) is 5.99. The molecule has 1 unspecified atom stereocenters. The van der Waals surface area contributed by atoms with Crippen LogP contribution in [0.25, 0.3) is 55.0 Å². The van der Waals surface area contributed by atoms with Crippen LogP contribution in [-0.4, -0.2) is 9.13 Å². The van der Waals surface area contributed by atoms with Gasteiger partial charge in [-0.05, 0) is 66.0 Å². The summed E-state index contributed by atoms with van der Waals surface area (Å²) in [5.74, 6) is 0. The molecule has 10 rings (SSSR count). The van der Waals surface area contributed by atoms with E-state index in [-0.39, 0.29) is 0 Å². The van der Waals surface area contributed by atoms with E-state index in [0.29, 0.717) is 0 Å². The summed E-state index contributed by atoms with van der Waals surface area (Å²) in [5.41, 5.74) is 7.15. The highest BCUT2D eigenvalue weighted by molar-refractivity contribution is 8.26. The Morgan fingerprint density at radius 3 is 1.57 bits per heavy atom. The van der Waals surface area contributed by atoms with Crippen molar-refractivity contribution in [1.82, 2.24) is 9.13 Å². The highest BCUT2D eigenvalue weighted by atomic mass is 32.4. The fourth-order valence-electron chi connectivity index (χ4n) is 7.53. The average molecular weight is 655 g/mol. The van der Waals surface area contributed by atoms with Crippen LogP contribution in [0.2, 0.25) is 0 Å². The van der Waals surface area contributed by atoms with Crippen LogP contribution >= 0.6 is 17.8 Å². The molecule has 0 fully saturated rings. The van der Waals surface area contributed by atoms with E-state index in [1.54, 1.807) is 0 Å². The van der Waals surface area contributed by atoms with Crippen LogP contribution in [0.15, 0.2) is 174 Å². The third-order valence-electron chi connectivity index (χ3n) is 9.58. The van der Waals surface area contributed by atoms with Crippen molar-refractivity contribution in [1.29, 1.82) is 0 Å². The van der Waals surface area contributed by atoms with Gasteiger partial charge in [0, 0.05) is 59.4 Å². The van der Waals surface area contributed by atoms with Gasteiger partial charge in [-0.1, -0.05) is 127 Å². The summed E-state index contributed by atoms with van der Waals surface area (Å²) in [6.45, 7) is 0. The minimum absolute atomic E-state index is 1.15. The molecule has 2 aromatic heterocycles. The third-order valence-corrected chi connectivity index (χ3v) is 16.0. The lowest BCUT2D eigenvalue weighted by atomic mass is 10.1. The van der Waals surface area contributed by atoms with Gasteiger partial charge in [0.1, 0.15) is 0 Å². The molecule has 47 heavy (non-hydrogen) atoms. The first-order valence-corrected chi connectivity index (χ1v) is 19.4. The van der Waals surface area contributed by atoms with Crippen molar-refractivity contribution >= 4 is 89.1 Å². The van der Waals surface area contributed by atoms with Crippen molar-refractivity contribution in [3.05, 3.63) is 164 Å². The van der Waals surface area contributed by atoms with Crippen LogP contribution in [0.3, 0.4) is 0 Å². The summed E-state index contributed by atoms with van der Waals surface area (Å²) in [6, 6.07) is 57.4. The van der Waals surface area contributed by atoms with Gasteiger partial charge < -0.3 is 9.13 Å². The molecule has 1 atom stereocenters. The molecule has 0 spiro atoms. The van der Waals surface area contributed by atoms with Crippen LogP contribution in [-0.2, 0) is 11.8 Å². The van der Waals surface area contributed by atoms with Crippen LogP contribution in [0.5, 0.6) is 0 Å². The van der Waals surface area contributed by atoms with Crippen molar-refractivity contribution in [2.24, 2.45) is 0 Å². The Balaban J connectivity index is 1.20. The van der Waals surface area contributed by atoms with Gasteiger partial charge in [0.25, 0.3) is 0 Å². The lowest BCUT2D eigenvalue weighted by Crippen LogP contribution is -2.30. The fraction of sp³-hybridized carbons (Fsp3) is 0. The van der Waals surface area contributed by atoms with Crippen molar-refractivity contribution in [2.75, 3.05) is 0 Å². The number of nitrogens with zero attached hydrogens (tertiary/aromatic N) is 2. The third kappa shape index (κ3) is 3.90. The first-order valence-electron chi connectivity index (χ1n) is 15.8. The van der Waals surface area contributed by atoms with Gasteiger partial charge >= 0.3 is 0 Å². The Morgan fingerprint density at radius 2 is 0.894 bits per heavy atom. The summed E-state index contributed by atoms with van der Waals surface area (Å²) in [7, 11) is 0. The number of hydrogen-bond acceptors (Lipinski definition) is 2. The number of fused-ring (bicyclic) bond motifs is 8. The molecule has 1 aliphatic rings. The largest absolute Gasteiger partial charge is 0.309 e. The Morgan fingerprint density at radius 1 is 0.404 bits per heavy atom. The lowest BCUT2D eigenvalue weighted by Gasteiger charge is -2.32. The van der Waals surface area contributed by atoms with Crippen LogP contribution in [0.4, 0.5) is 0 Å². The second kappa shape index (κ2) is 10.3. The Labute approximate surface area is 281 Å². The number of rotatable bonds is 3. The molecule has 9 aromatic rings. The molecule has 7 aromatic carbocycles. The Bertz CT molecular complexity index is 2700. The summed E-state index contributed by atoms with van der Waals surface area (Å²) in [6.07, 6.45) is 0. The quantitative estimate of drug-likeness (QED) is 0.176. The van der Waals surface area contributed by atoms with Crippen LogP contribution in [0.1, 0.15) is 0 Å². The second-order valence-corrected chi connectivity index (χ2v) is 17.5. The Hall–Kier alpha value is -4.86. The highest BCUT2D eigenvalue weighted by Gasteiger charge is 2.34. The second-order valence-electron chi connectivity index (χ2n) is 12.1. The van der Waals surface area contributed by atoms with Crippen molar-refractivity contribution in [3.63, 3.8) is 0 Å². The summed E-state index contributed by atoms with van der Waals surface area (Å²) in [5, 5.41) is 8.85. The van der Waals surface area contributed by atoms with Crippen LogP contribution in [0, 0.1) is 0 Å². The minimum atomic E-state index is -2.21. The SMILES string of the molecule is S=P1(c2ccccc2)c2ccccc2Sc2cc(-n3c4ccccc4c4cc(-n5c6ccccc6c6ccccc65)ccc43)ccc21. The molecular formula is C42H27N2PS2. The molecule has 0 saturated carbocycles. The van der Waals surface area contributed by atoms with E-state index in [1.807, 2.05) is 11.8 Å². The first-order chi connectivity index (χ1) is 23.2. The maximum Gasteiger partial charge on any atom is 0.0542 e. The summed E-state index contributed by atoms with van der Waals surface area (Å²) >= 11 is 8.59. The summed E-state index contributed by atoms with van der Waals surface area (Å²) < 4.78 is 4.83. The zero-order valence-corrected chi connectivity index (χ0v) is 27.8. The molecule has 222 valence electrons. The zero-order valence-electron chi connectivity index (χ0n) is 25.2. The van der Waals surface area contributed by atoms with Crippen LogP contribution < -0.4 is 15.9 Å². The van der Waals surface area contributed by atoms with Gasteiger partial charge in [-0.3, -0.25) is 0 Å². The molecule has 3 heterocycles. The van der Waals surface area contributed by atoms with E-state index in [9.17, 15) is 0 Å². The molecule has 0 amide bonds. The van der Waals surface area contributed by atoms with Gasteiger partial charge in [-0.25, -0.2) is 0 Å². The molecule has 0 N–H and O–H groups in total. The fourth-order valence-corrected chi connectivity index (χ4v) is 13.9. The smallest absolute Gasteiger partial charge is 0.0542 e. The normalized spacial score (nSPS) is 15.7. The number of benzene rings is 7. The van der Waals surface area contributed by atoms with E-state index < -0.39 is 6.04 Å². The predicted molar refractivity (Wildman–Crippen MR) is 205 cm³/mol. The molecule has 0 saturated heterocycles. The van der Waals surface area contributed by atoms with E-state index in [4.69, 9.17) is 11.8 Å². The van der Waals surface area contributed by atoms with E-state index in [1.165, 1.54) is 75.0 Å². The van der Waals surface area contributed by atoms with E-state index >= 15 is 0 Å². The number of para-hydroxylation sites is 3. The van der Waals surface area contributed by atoms with Gasteiger partial charge in [0.2, 0.25) is 0 Å². The van der Waals surface area contributed by atoms with Crippen molar-refractivity contribution < 1.29 is 0 Å². The minimum Gasteiger partial charge on any atom is -0.309 e. The zero-order chi connectivity index (χ0) is 31.1. The highest BCUT2D eigenvalue weighted by Crippen LogP contribution is 2.53. The number of hydrogen-bond donors (Lipinski definition) is 0. The average Bonchev–Trinajstić information content (AvgIpc) is 3.64. The summed E-state index contributed by atoms with van der Waals surface area (Å²) in [4.78, 5) is 2.52. The molecule has 0 radical (unpaired) electrons. The van der Waals surface area contributed by atoms with Gasteiger partial charge in [-0.15, -0.1) is 0 Å². The molecule has 0 aliphatic carbocycles. The maximum atomic E-state index is 6.74. The van der Waals surface area contributed by atoms with Gasteiger partial charge in [0.15, 0.2) is 0 Å². The molecular weight excluding hydrogens is 628 g/mol. The predicted octanol–water partition coefficient (Wildman–Crippen LogP) is 10.1. The molecule has 5 heteroatoms. The molecule has 2 nitrogen and oxygen atoms in total. The standard InChI is InChI=1S/C42H27N2PS2/c46-45(30-12-2-1-3-13-30)39-20-10-11-21-41(39)47-42-27-29(23-25-40(42)45)44-37-19-9-6-16-33(37)34-26-28(22-24-38(34)44)43-35-17-7-4-14-31(35)32-15-5-8-18-36(32)43/h1-27H. The monoisotopic (exact) mass is 654 g/mol. The van der Waals surface area contributed by atoms with E-state index in [0.717, 1.165) is 5.69 Å². The number of aromatic nitrogens is 2. The van der Waals surface area contributed by atoms with E-state index in [2.05, 4.69) is 173 Å². The molecule has 0 bridgehead atoms. The maximum absolute atomic E-state index is 6.74. The van der Waals surface area contributed by atoms with Gasteiger partial charge in [0.05, 0.1) is 22.1 Å². The van der Waals surface area contributed by atoms with Gasteiger partial charge in [-0.2, -0.15) is 0 Å². The topological polar surface area (TPSA) is 9.86 Å².